The maximum Gasteiger partial charge on any atom is 0.294 e. The van der Waals surface area contributed by atoms with E-state index in [2.05, 4.69) is 10.9 Å². The highest BCUT2D eigenvalue weighted by Crippen LogP contribution is 2.36. The van der Waals surface area contributed by atoms with Gasteiger partial charge in [-0.3, -0.25) is 4.79 Å². The van der Waals surface area contributed by atoms with Crippen molar-refractivity contribution in [3.63, 3.8) is 0 Å². The Morgan fingerprint density at radius 1 is 0.783 bits per heavy atom. The van der Waals surface area contributed by atoms with Gasteiger partial charge in [-0.05, 0) is 64.5 Å². The fourth-order valence-electron chi connectivity index (χ4n) is 7.39. The van der Waals surface area contributed by atoms with Gasteiger partial charge in [0.15, 0.2) is 0 Å². The SMILES string of the molecule is COCC(O)COC1CN(C(=O)c2cccc(CO[N+](=O)[O-])c2)CC(OCc2cc(OC)c3ccccc3c2)C1c1ccc(OCCCOCc2ccccc2OC)cc1. The number of methoxy groups -OCH3 is 3. The van der Waals surface area contributed by atoms with E-state index in [1.165, 1.54) is 7.11 Å². The smallest absolute Gasteiger partial charge is 0.294 e. The topological polar surface area (TPSA) is 158 Å². The van der Waals surface area contributed by atoms with Crippen LogP contribution >= 0.6 is 0 Å². The first-order valence-electron chi connectivity index (χ1n) is 19.8. The number of hydrogen-bond acceptors (Lipinski definition) is 12. The molecule has 5 aromatic rings. The van der Waals surface area contributed by atoms with Crippen LogP contribution in [0.15, 0.2) is 109 Å². The van der Waals surface area contributed by atoms with E-state index in [9.17, 15) is 20.0 Å². The Morgan fingerprint density at radius 2 is 1.53 bits per heavy atom. The molecule has 1 aliphatic heterocycles. The number of ether oxygens (including phenoxy) is 7. The van der Waals surface area contributed by atoms with Crippen molar-refractivity contribution in [3.8, 4) is 17.2 Å². The lowest BCUT2D eigenvalue weighted by Crippen LogP contribution is -2.55. The zero-order valence-electron chi connectivity index (χ0n) is 34.1. The number of rotatable bonds is 22. The quantitative estimate of drug-likeness (QED) is 0.0445. The van der Waals surface area contributed by atoms with Gasteiger partial charge in [-0.2, -0.15) is 0 Å². The van der Waals surface area contributed by atoms with E-state index in [1.807, 2.05) is 78.9 Å². The van der Waals surface area contributed by atoms with Crippen molar-refractivity contribution < 1.29 is 53.0 Å². The summed E-state index contributed by atoms with van der Waals surface area (Å²) in [5.74, 6) is 1.52. The number of piperidine rings is 1. The molecular formula is C46H52N2O12. The molecule has 0 radical (unpaired) electrons. The van der Waals surface area contributed by atoms with Gasteiger partial charge in [0.05, 0.1) is 66.1 Å². The molecule has 4 atom stereocenters. The lowest BCUT2D eigenvalue weighted by Gasteiger charge is -2.44. The molecule has 14 heteroatoms. The molecule has 5 aromatic carbocycles. The van der Waals surface area contributed by atoms with Gasteiger partial charge >= 0.3 is 0 Å². The number of fused-ring (bicyclic) bond motifs is 1. The minimum atomic E-state index is -0.904. The fourth-order valence-corrected chi connectivity index (χ4v) is 7.39. The number of carbonyl (C=O) groups is 1. The third-order valence-electron chi connectivity index (χ3n) is 10.2. The van der Waals surface area contributed by atoms with Crippen LogP contribution in [0.1, 0.15) is 45.0 Å². The first-order valence-corrected chi connectivity index (χ1v) is 19.8. The summed E-state index contributed by atoms with van der Waals surface area (Å²) < 4.78 is 41.5. The summed E-state index contributed by atoms with van der Waals surface area (Å²) in [5.41, 5.74) is 3.58. The minimum Gasteiger partial charge on any atom is -0.496 e. The summed E-state index contributed by atoms with van der Waals surface area (Å²) in [6.07, 6.45) is -1.40. The molecule has 0 spiro atoms. The van der Waals surface area contributed by atoms with Crippen molar-refractivity contribution in [1.82, 2.24) is 4.90 Å². The Labute approximate surface area is 349 Å². The maximum atomic E-state index is 14.2. The molecule has 6 rings (SSSR count). The zero-order valence-corrected chi connectivity index (χ0v) is 34.1. The number of aliphatic hydroxyl groups excluding tert-OH is 1. The monoisotopic (exact) mass is 824 g/mol. The average Bonchev–Trinajstić information content (AvgIpc) is 3.27. The number of carbonyl (C=O) groups excluding carboxylic acids is 1. The molecule has 1 aliphatic rings. The highest BCUT2D eigenvalue weighted by molar-refractivity contribution is 5.94. The predicted molar refractivity (Wildman–Crippen MR) is 223 cm³/mol. The maximum absolute atomic E-state index is 14.2. The van der Waals surface area contributed by atoms with Crippen molar-refractivity contribution in [2.45, 2.75) is 50.5 Å². The fraction of sp³-hybridized carbons (Fsp3) is 0.370. The van der Waals surface area contributed by atoms with Gasteiger partial charge in [-0.15, -0.1) is 10.1 Å². The second-order valence-corrected chi connectivity index (χ2v) is 14.4. The molecule has 14 nitrogen and oxygen atoms in total. The molecule has 0 aliphatic carbocycles. The highest BCUT2D eigenvalue weighted by Gasteiger charge is 2.41. The highest BCUT2D eigenvalue weighted by atomic mass is 16.9. The Bertz CT molecular complexity index is 2150. The normalized spacial score (nSPS) is 16.9. The van der Waals surface area contributed by atoms with Crippen LogP contribution in [0.3, 0.4) is 0 Å². The summed E-state index contributed by atoms with van der Waals surface area (Å²) in [6.45, 7) is 1.73. The second kappa shape index (κ2) is 22.0. The third kappa shape index (κ3) is 11.9. The van der Waals surface area contributed by atoms with Crippen LogP contribution in [0.4, 0.5) is 0 Å². The molecule has 318 valence electrons. The minimum absolute atomic E-state index is 0.0420. The molecule has 0 bridgehead atoms. The summed E-state index contributed by atoms with van der Waals surface area (Å²) in [5, 5.41) is 22.6. The van der Waals surface area contributed by atoms with Gasteiger partial charge in [0, 0.05) is 49.1 Å². The van der Waals surface area contributed by atoms with Crippen LogP contribution in [0, 0.1) is 10.1 Å². The number of aliphatic hydroxyl groups is 1. The van der Waals surface area contributed by atoms with E-state index in [-0.39, 0.29) is 51.3 Å². The summed E-state index contributed by atoms with van der Waals surface area (Å²) in [7, 11) is 4.78. The average molecular weight is 825 g/mol. The third-order valence-corrected chi connectivity index (χ3v) is 10.2. The molecule has 0 saturated carbocycles. The van der Waals surface area contributed by atoms with Gasteiger partial charge in [0.25, 0.3) is 11.0 Å². The van der Waals surface area contributed by atoms with E-state index in [4.69, 9.17) is 33.2 Å². The van der Waals surface area contributed by atoms with Crippen molar-refractivity contribution in [2.75, 3.05) is 60.8 Å². The van der Waals surface area contributed by atoms with Crippen molar-refractivity contribution in [1.29, 1.82) is 0 Å². The summed E-state index contributed by atoms with van der Waals surface area (Å²) in [4.78, 5) is 31.3. The number of hydrogen-bond donors (Lipinski definition) is 1. The largest absolute Gasteiger partial charge is 0.496 e. The molecule has 4 unspecified atom stereocenters. The Morgan fingerprint density at radius 3 is 2.30 bits per heavy atom. The first-order chi connectivity index (χ1) is 29.3. The van der Waals surface area contributed by atoms with Crippen LogP contribution in [-0.4, -0.2) is 100 Å². The van der Waals surface area contributed by atoms with Crippen LogP contribution in [0.25, 0.3) is 10.8 Å². The van der Waals surface area contributed by atoms with E-state index in [0.717, 1.165) is 39.0 Å². The van der Waals surface area contributed by atoms with Gasteiger partial charge in [-0.25, -0.2) is 0 Å². The number of amides is 1. The Kier molecular flexibility index (Phi) is 16.1. The second-order valence-electron chi connectivity index (χ2n) is 14.4. The van der Waals surface area contributed by atoms with E-state index >= 15 is 0 Å². The van der Waals surface area contributed by atoms with Crippen LogP contribution < -0.4 is 14.2 Å². The standard InChI is InChI=1S/C46H52N2O12/c1-53-30-38(49)31-59-44-26-47(46(50)36-13-8-10-32(22-36)28-60-48(51)52)25-43(58-27-33-23-35-11-4-6-14-40(35)42(24-33)55-3)45(44)34-16-18-39(19-17-34)57-21-9-20-56-29-37-12-5-7-15-41(37)54-2/h4-8,10-19,22-24,38,43-45,49H,9,20-21,25-31H2,1-3H3. The van der Waals surface area contributed by atoms with E-state index < -0.39 is 23.4 Å². The summed E-state index contributed by atoms with van der Waals surface area (Å²) >= 11 is 0. The molecule has 1 N–H and O–H groups in total. The molecule has 0 aromatic heterocycles. The number of nitrogens with zero attached hydrogens (tertiary/aromatic N) is 2. The predicted octanol–water partition coefficient (Wildman–Crippen LogP) is 6.77. The Hall–Kier alpha value is -5.77. The molecule has 60 heavy (non-hydrogen) atoms. The van der Waals surface area contributed by atoms with Crippen LogP contribution in [0.5, 0.6) is 17.2 Å². The summed E-state index contributed by atoms with van der Waals surface area (Å²) in [6, 6.07) is 34.0. The Balaban J connectivity index is 1.22. The zero-order chi connectivity index (χ0) is 42.3. The van der Waals surface area contributed by atoms with Crippen molar-refractivity contribution in [3.05, 3.63) is 147 Å². The van der Waals surface area contributed by atoms with Crippen LogP contribution in [-0.2, 0) is 43.6 Å². The van der Waals surface area contributed by atoms with Gasteiger partial charge in [0.2, 0.25) is 0 Å². The molecule has 1 amide bonds. The van der Waals surface area contributed by atoms with Gasteiger partial charge < -0.3 is 48.0 Å². The van der Waals surface area contributed by atoms with Crippen LogP contribution in [0.2, 0.25) is 0 Å². The molecular weight excluding hydrogens is 773 g/mol. The van der Waals surface area contributed by atoms with E-state index in [1.54, 1.807) is 43.4 Å². The first kappa shape index (κ1) is 43.8. The molecule has 1 heterocycles. The van der Waals surface area contributed by atoms with Gasteiger partial charge in [-0.1, -0.05) is 66.7 Å². The molecule has 1 saturated heterocycles. The lowest BCUT2D eigenvalue weighted by atomic mass is 9.84. The van der Waals surface area contributed by atoms with Gasteiger partial charge in [0.1, 0.15) is 30.0 Å². The number of benzene rings is 5. The lowest BCUT2D eigenvalue weighted by molar-refractivity contribution is -0.763. The number of para-hydroxylation sites is 1. The van der Waals surface area contributed by atoms with E-state index in [0.29, 0.717) is 43.1 Å². The number of likely N-dealkylation sites (tertiary alicyclic amines) is 1. The van der Waals surface area contributed by atoms with Crippen molar-refractivity contribution >= 4 is 16.7 Å². The van der Waals surface area contributed by atoms with Crippen molar-refractivity contribution in [2.24, 2.45) is 0 Å². The molecule has 1 fully saturated rings.